The van der Waals surface area contributed by atoms with Gasteiger partial charge in [-0.25, -0.2) is 9.78 Å². The molecule has 3 aromatic rings. The molecule has 0 saturated heterocycles. The molecule has 0 bridgehead atoms. The lowest BCUT2D eigenvalue weighted by atomic mass is 10.1. The number of rotatable bonds is 5. The van der Waals surface area contributed by atoms with Gasteiger partial charge in [0.1, 0.15) is 5.01 Å². The van der Waals surface area contributed by atoms with E-state index in [4.69, 9.17) is 0 Å². The Bertz CT molecular complexity index is 896. The summed E-state index contributed by atoms with van der Waals surface area (Å²) in [5.41, 5.74) is 2.31. The van der Waals surface area contributed by atoms with Crippen LogP contribution >= 0.6 is 11.3 Å². The maximum Gasteiger partial charge on any atom is 0.337 e. The zero-order valence-electron chi connectivity index (χ0n) is 13.6. The molecule has 1 heterocycles. The van der Waals surface area contributed by atoms with Crippen LogP contribution in [-0.2, 0) is 16.1 Å². The number of nitrogens with one attached hydrogen (secondary N) is 1. The van der Waals surface area contributed by atoms with Gasteiger partial charge in [0.25, 0.3) is 0 Å². The van der Waals surface area contributed by atoms with Gasteiger partial charge in [0.2, 0.25) is 5.91 Å². The van der Waals surface area contributed by atoms with Gasteiger partial charge in [0.05, 0.1) is 22.9 Å². The Kier molecular flexibility index (Phi) is 5.20. The van der Waals surface area contributed by atoms with Gasteiger partial charge in [-0.1, -0.05) is 24.3 Å². The molecule has 25 heavy (non-hydrogen) atoms. The third-order valence-electron chi connectivity index (χ3n) is 3.53. The second-order valence-corrected chi connectivity index (χ2v) is 6.32. The SMILES string of the molecule is COC(=O)c1ccc(CNC(=O)/C=C/c2nc3ccccc3s2)cc1. The van der Waals surface area contributed by atoms with E-state index in [9.17, 15) is 9.59 Å². The van der Waals surface area contributed by atoms with Gasteiger partial charge < -0.3 is 10.1 Å². The highest BCUT2D eigenvalue weighted by molar-refractivity contribution is 7.19. The molecule has 0 unspecified atom stereocenters. The van der Waals surface area contributed by atoms with Gasteiger partial charge in [0.15, 0.2) is 0 Å². The Hall–Kier alpha value is -2.99. The molecule has 3 rings (SSSR count). The Morgan fingerprint density at radius 2 is 1.92 bits per heavy atom. The van der Waals surface area contributed by atoms with Gasteiger partial charge in [-0.15, -0.1) is 11.3 Å². The maximum atomic E-state index is 11.9. The van der Waals surface area contributed by atoms with Crippen molar-refractivity contribution in [2.45, 2.75) is 6.54 Å². The average molecular weight is 352 g/mol. The first-order chi connectivity index (χ1) is 12.2. The predicted octanol–water partition coefficient (Wildman–Crippen LogP) is 3.41. The number of fused-ring (bicyclic) bond motifs is 1. The summed E-state index contributed by atoms with van der Waals surface area (Å²) >= 11 is 1.54. The topological polar surface area (TPSA) is 68.3 Å². The highest BCUT2D eigenvalue weighted by Gasteiger charge is 2.05. The molecule has 0 saturated carbocycles. The summed E-state index contributed by atoms with van der Waals surface area (Å²) in [6, 6.07) is 14.8. The fourth-order valence-corrected chi connectivity index (χ4v) is 3.10. The van der Waals surface area contributed by atoms with Crippen molar-refractivity contribution in [3.8, 4) is 0 Å². The zero-order valence-corrected chi connectivity index (χ0v) is 14.4. The molecule has 0 atom stereocenters. The zero-order chi connectivity index (χ0) is 17.6. The quantitative estimate of drug-likeness (QED) is 0.564. The highest BCUT2D eigenvalue weighted by Crippen LogP contribution is 2.22. The van der Waals surface area contributed by atoms with E-state index in [1.807, 2.05) is 24.3 Å². The molecule has 1 N–H and O–H groups in total. The van der Waals surface area contributed by atoms with Gasteiger partial charge in [-0.2, -0.15) is 0 Å². The van der Waals surface area contributed by atoms with E-state index in [1.165, 1.54) is 24.5 Å². The lowest BCUT2D eigenvalue weighted by Crippen LogP contribution is -2.20. The summed E-state index contributed by atoms with van der Waals surface area (Å²) in [4.78, 5) is 27.7. The van der Waals surface area contributed by atoms with Crippen LogP contribution in [0.25, 0.3) is 16.3 Å². The normalized spacial score (nSPS) is 10.9. The number of hydrogen-bond acceptors (Lipinski definition) is 5. The molecule has 0 radical (unpaired) electrons. The van der Waals surface area contributed by atoms with Crippen LogP contribution in [0.3, 0.4) is 0 Å². The van der Waals surface area contributed by atoms with E-state index in [2.05, 4.69) is 15.0 Å². The van der Waals surface area contributed by atoms with Crippen LogP contribution in [0.1, 0.15) is 20.9 Å². The molecule has 0 aliphatic rings. The van der Waals surface area contributed by atoms with Gasteiger partial charge in [0, 0.05) is 12.6 Å². The van der Waals surface area contributed by atoms with Crippen LogP contribution < -0.4 is 5.32 Å². The van der Waals surface area contributed by atoms with Crippen LogP contribution in [0.2, 0.25) is 0 Å². The average Bonchev–Trinajstić information content (AvgIpc) is 3.07. The van der Waals surface area contributed by atoms with Crippen molar-refractivity contribution in [2.75, 3.05) is 7.11 Å². The standard InChI is InChI=1S/C19H16N2O3S/c1-24-19(23)14-8-6-13(7-9-14)12-20-17(22)10-11-18-21-15-4-2-3-5-16(15)25-18/h2-11H,12H2,1H3,(H,20,22)/b11-10+. The molecular weight excluding hydrogens is 336 g/mol. The minimum Gasteiger partial charge on any atom is -0.465 e. The molecule has 126 valence electrons. The first-order valence-electron chi connectivity index (χ1n) is 7.64. The number of hydrogen-bond donors (Lipinski definition) is 1. The summed E-state index contributed by atoms with van der Waals surface area (Å²) in [5, 5.41) is 3.59. The largest absolute Gasteiger partial charge is 0.465 e. The fourth-order valence-electron chi connectivity index (χ4n) is 2.23. The number of esters is 1. The third kappa shape index (κ3) is 4.30. The Labute approximate surface area is 149 Å². The van der Waals surface area contributed by atoms with E-state index in [-0.39, 0.29) is 11.9 Å². The summed E-state index contributed by atoms with van der Waals surface area (Å²) in [7, 11) is 1.34. The smallest absolute Gasteiger partial charge is 0.337 e. The Balaban J connectivity index is 1.56. The van der Waals surface area contributed by atoms with Gasteiger partial charge in [-0.3, -0.25) is 4.79 Å². The number of benzene rings is 2. The van der Waals surface area contributed by atoms with E-state index in [0.29, 0.717) is 12.1 Å². The molecule has 6 heteroatoms. The van der Waals surface area contributed by atoms with Crippen LogP contribution in [0, 0.1) is 0 Å². The monoisotopic (exact) mass is 352 g/mol. The predicted molar refractivity (Wildman–Crippen MR) is 98.3 cm³/mol. The van der Waals surface area contributed by atoms with E-state index >= 15 is 0 Å². The number of thiazole rings is 1. The number of methoxy groups -OCH3 is 1. The number of amides is 1. The molecular formula is C19H16N2O3S. The Morgan fingerprint density at radius 3 is 2.64 bits per heavy atom. The molecule has 5 nitrogen and oxygen atoms in total. The minimum absolute atomic E-state index is 0.198. The van der Waals surface area contributed by atoms with Crippen molar-refractivity contribution < 1.29 is 14.3 Å². The van der Waals surface area contributed by atoms with Crippen molar-refractivity contribution >= 4 is 39.5 Å². The third-order valence-corrected chi connectivity index (χ3v) is 4.53. The second kappa shape index (κ2) is 7.72. The summed E-state index contributed by atoms with van der Waals surface area (Å²) in [5.74, 6) is -0.578. The van der Waals surface area contributed by atoms with Crippen molar-refractivity contribution in [3.63, 3.8) is 0 Å². The van der Waals surface area contributed by atoms with Crippen molar-refractivity contribution in [1.82, 2.24) is 10.3 Å². The molecule has 1 aromatic heterocycles. The van der Waals surface area contributed by atoms with E-state index < -0.39 is 0 Å². The van der Waals surface area contributed by atoms with Crippen LogP contribution in [0.5, 0.6) is 0 Å². The molecule has 0 fully saturated rings. The van der Waals surface area contributed by atoms with Crippen LogP contribution in [0.15, 0.2) is 54.6 Å². The van der Waals surface area contributed by atoms with Crippen LogP contribution in [-0.4, -0.2) is 24.0 Å². The van der Waals surface area contributed by atoms with Crippen molar-refractivity contribution in [1.29, 1.82) is 0 Å². The lowest BCUT2D eigenvalue weighted by Gasteiger charge is -2.04. The molecule has 0 aliphatic heterocycles. The minimum atomic E-state index is -0.380. The number of carbonyl (C=O) groups excluding carboxylic acids is 2. The molecule has 0 spiro atoms. The molecule has 2 aromatic carbocycles. The number of para-hydroxylation sites is 1. The Morgan fingerprint density at radius 1 is 1.16 bits per heavy atom. The van der Waals surface area contributed by atoms with E-state index in [0.717, 1.165) is 20.8 Å². The van der Waals surface area contributed by atoms with E-state index in [1.54, 1.807) is 30.3 Å². The summed E-state index contributed by atoms with van der Waals surface area (Å²) in [6.45, 7) is 0.379. The summed E-state index contributed by atoms with van der Waals surface area (Å²) in [6.07, 6.45) is 3.18. The lowest BCUT2D eigenvalue weighted by molar-refractivity contribution is -0.116. The maximum absolute atomic E-state index is 11.9. The molecule has 0 aliphatic carbocycles. The fraction of sp³-hybridized carbons (Fsp3) is 0.105. The number of ether oxygens (including phenoxy) is 1. The van der Waals surface area contributed by atoms with Crippen molar-refractivity contribution in [3.05, 3.63) is 70.7 Å². The summed E-state index contributed by atoms with van der Waals surface area (Å²) < 4.78 is 5.74. The van der Waals surface area contributed by atoms with Crippen molar-refractivity contribution in [2.24, 2.45) is 0 Å². The number of aromatic nitrogens is 1. The highest BCUT2D eigenvalue weighted by atomic mass is 32.1. The second-order valence-electron chi connectivity index (χ2n) is 5.26. The van der Waals surface area contributed by atoms with Gasteiger partial charge in [-0.05, 0) is 35.9 Å². The molecule has 1 amide bonds. The first kappa shape index (κ1) is 16.9. The van der Waals surface area contributed by atoms with Crippen LogP contribution in [0.4, 0.5) is 0 Å². The van der Waals surface area contributed by atoms with Gasteiger partial charge >= 0.3 is 5.97 Å². The first-order valence-corrected chi connectivity index (χ1v) is 8.46. The number of nitrogens with zero attached hydrogens (tertiary/aromatic N) is 1. The number of carbonyl (C=O) groups is 2.